The van der Waals surface area contributed by atoms with Crippen LogP contribution in [0.5, 0.6) is 0 Å². The minimum Gasteiger partial charge on any atom is -0.445 e. The molecule has 232 valence electrons. The Labute approximate surface area is 250 Å². The van der Waals surface area contributed by atoms with E-state index in [0.717, 1.165) is 5.56 Å². The van der Waals surface area contributed by atoms with E-state index >= 15 is 0 Å². The van der Waals surface area contributed by atoms with Crippen LogP contribution in [0.2, 0.25) is 0 Å². The first-order valence-corrected chi connectivity index (χ1v) is 14.3. The molecule has 0 saturated carbocycles. The lowest BCUT2D eigenvalue weighted by molar-refractivity contribution is -0.118. The van der Waals surface area contributed by atoms with Crippen LogP contribution in [0.25, 0.3) is 10.9 Å². The number of rotatable bonds is 12. The second-order valence-electron chi connectivity index (χ2n) is 11.5. The van der Waals surface area contributed by atoms with Gasteiger partial charge in [0.2, 0.25) is 5.91 Å². The molecule has 1 heterocycles. The molecule has 0 spiro atoms. The molecule has 0 aliphatic heterocycles. The molecule has 0 aliphatic rings. The number of anilines is 2. The molecule has 3 amide bonds. The summed E-state index contributed by atoms with van der Waals surface area (Å²) < 4.78 is 15.9. The molecular weight excluding hydrogens is 554 g/mol. The van der Waals surface area contributed by atoms with Crippen molar-refractivity contribution in [2.45, 2.75) is 85.1 Å². The molecule has 3 aromatic rings. The van der Waals surface area contributed by atoms with Crippen molar-refractivity contribution in [3.63, 3.8) is 0 Å². The number of ether oxygens (including phenoxy) is 2. The van der Waals surface area contributed by atoms with Crippen LogP contribution in [0.1, 0.15) is 65.0 Å². The van der Waals surface area contributed by atoms with Gasteiger partial charge in [-0.15, -0.1) is 0 Å². The van der Waals surface area contributed by atoms with Crippen molar-refractivity contribution in [3.05, 3.63) is 64.0 Å². The highest BCUT2D eigenvalue weighted by Crippen LogP contribution is 2.22. The van der Waals surface area contributed by atoms with Gasteiger partial charge in [0.25, 0.3) is 6.01 Å². The van der Waals surface area contributed by atoms with Gasteiger partial charge in [0, 0.05) is 18.3 Å². The molecule has 0 bridgehead atoms. The predicted octanol–water partition coefficient (Wildman–Crippen LogP) is 5.25. The number of alkyl carbamates (subject to hydrolysis) is 2. The highest BCUT2D eigenvalue weighted by Gasteiger charge is 2.23. The minimum absolute atomic E-state index is 0.00935. The number of aromatic nitrogens is 1. The topological polar surface area (TPSA) is 161 Å². The van der Waals surface area contributed by atoms with E-state index in [1.165, 1.54) is 0 Å². The fraction of sp³-hybridized carbons (Fsp3) is 0.452. The maximum atomic E-state index is 13.4. The summed E-state index contributed by atoms with van der Waals surface area (Å²) in [6.45, 7) is 11.2. The second kappa shape index (κ2) is 15.0. The van der Waals surface area contributed by atoms with Gasteiger partial charge in [-0.25, -0.2) is 14.4 Å². The molecule has 12 heteroatoms. The maximum Gasteiger partial charge on any atom is 0.408 e. The van der Waals surface area contributed by atoms with E-state index in [4.69, 9.17) is 13.9 Å². The van der Waals surface area contributed by atoms with Crippen LogP contribution >= 0.6 is 0 Å². The van der Waals surface area contributed by atoms with Crippen molar-refractivity contribution in [2.75, 3.05) is 17.2 Å². The summed E-state index contributed by atoms with van der Waals surface area (Å²) in [5, 5.41) is 11.4. The standard InChI is InChI=1S/C31H41N5O7/c1-19(2)33-28-35-24-17-22(16-20(3)25(24)27(38)42-28)34-26(37)23(14-10-11-15-32-29(39)43-31(4,5)6)36-30(40)41-18-21-12-8-7-9-13-21/h7-9,12-13,16-17,19,23H,10-11,14-15,18H2,1-6H3,(H,32,39)(H,33,35)(H,34,37)(H,36,40)/t23-/m0/s1. The van der Waals surface area contributed by atoms with Gasteiger partial charge in [-0.2, -0.15) is 4.98 Å². The summed E-state index contributed by atoms with van der Waals surface area (Å²) in [5.41, 5.74) is 0.996. The van der Waals surface area contributed by atoms with Crippen molar-refractivity contribution in [1.82, 2.24) is 15.6 Å². The summed E-state index contributed by atoms with van der Waals surface area (Å²) in [6, 6.07) is 11.5. The molecule has 2 aromatic carbocycles. The van der Waals surface area contributed by atoms with Gasteiger partial charge in [0.05, 0.1) is 10.9 Å². The summed E-state index contributed by atoms with van der Waals surface area (Å²) in [4.78, 5) is 54.9. The second-order valence-corrected chi connectivity index (χ2v) is 11.5. The van der Waals surface area contributed by atoms with Crippen LogP contribution in [0, 0.1) is 6.92 Å². The van der Waals surface area contributed by atoms with Crippen LogP contribution in [0.4, 0.5) is 21.3 Å². The Morgan fingerprint density at radius 2 is 1.74 bits per heavy atom. The highest BCUT2D eigenvalue weighted by atomic mass is 16.6. The third-order valence-corrected chi connectivity index (χ3v) is 6.02. The number of carbonyl (C=O) groups is 3. The van der Waals surface area contributed by atoms with Crippen molar-refractivity contribution in [3.8, 4) is 0 Å². The highest BCUT2D eigenvalue weighted by molar-refractivity contribution is 5.98. The van der Waals surface area contributed by atoms with E-state index in [-0.39, 0.29) is 25.1 Å². The lowest BCUT2D eigenvalue weighted by atomic mass is 10.1. The Kier molecular flexibility index (Phi) is 11.5. The first-order chi connectivity index (χ1) is 20.3. The van der Waals surface area contributed by atoms with Gasteiger partial charge in [0.15, 0.2) is 0 Å². The number of hydrogen-bond donors (Lipinski definition) is 4. The molecule has 0 saturated heterocycles. The molecular formula is C31H41N5O7. The predicted molar refractivity (Wildman–Crippen MR) is 164 cm³/mol. The molecule has 4 N–H and O–H groups in total. The van der Waals surface area contributed by atoms with Gasteiger partial charge in [-0.1, -0.05) is 30.3 Å². The fourth-order valence-corrected chi connectivity index (χ4v) is 4.16. The summed E-state index contributed by atoms with van der Waals surface area (Å²) >= 11 is 0. The van der Waals surface area contributed by atoms with Crippen molar-refractivity contribution < 1.29 is 28.3 Å². The number of carbonyl (C=O) groups excluding carboxylic acids is 3. The van der Waals surface area contributed by atoms with E-state index in [1.807, 2.05) is 44.2 Å². The Hall–Kier alpha value is -4.61. The number of nitrogens with one attached hydrogen (secondary N) is 4. The monoisotopic (exact) mass is 595 g/mol. The maximum absolute atomic E-state index is 13.4. The Morgan fingerprint density at radius 3 is 2.42 bits per heavy atom. The molecule has 43 heavy (non-hydrogen) atoms. The number of unbranched alkanes of at least 4 members (excludes halogenated alkanes) is 1. The minimum atomic E-state index is -0.937. The van der Waals surface area contributed by atoms with Crippen LogP contribution in [0.3, 0.4) is 0 Å². The Morgan fingerprint density at radius 1 is 1.02 bits per heavy atom. The van der Waals surface area contributed by atoms with E-state index in [1.54, 1.807) is 39.8 Å². The molecule has 0 aliphatic carbocycles. The van der Waals surface area contributed by atoms with Crippen LogP contribution < -0.4 is 26.9 Å². The molecule has 0 unspecified atom stereocenters. The van der Waals surface area contributed by atoms with Gasteiger partial charge in [-0.05, 0) is 84.1 Å². The Bertz CT molecular complexity index is 1470. The van der Waals surface area contributed by atoms with E-state index in [0.29, 0.717) is 41.5 Å². The van der Waals surface area contributed by atoms with Gasteiger partial charge in [0.1, 0.15) is 18.2 Å². The number of amides is 3. The normalized spacial score (nSPS) is 12.0. The third-order valence-electron chi connectivity index (χ3n) is 6.02. The molecule has 0 radical (unpaired) electrons. The van der Waals surface area contributed by atoms with Gasteiger partial charge < -0.3 is 35.2 Å². The van der Waals surface area contributed by atoms with E-state index in [9.17, 15) is 19.2 Å². The average molecular weight is 596 g/mol. The Balaban J connectivity index is 1.70. The number of hydrogen-bond acceptors (Lipinski definition) is 9. The quantitative estimate of drug-likeness (QED) is 0.205. The van der Waals surface area contributed by atoms with E-state index < -0.39 is 35.4 Å². The fourth-order valence-electron chi connectivity index (χ4n) is 4.16. The largest absolute Gasteiger partial charge is 0.445 e. The SMILES string of the molecule is Cc1cc(NC(=O)[C@H](CCCCNC(=O)OC(C)(C)C)NC(=O)OCc2ccccc2)cc2nc(NC(C)C)oc(=O)c12. The van der Waals surface area contributed by atoms with Crippen LogP contribution in [-0.4, -0.2) is 47.3 Å². The lowest BCUT2D eigenvalue weighted by Crippen LogP contribution is -2.44. The molecule has 12 nitrogen and oxygen atoms in total. The first kappa shape index (κ1) is 32.9. The van der Waals surface area contributed by atoms with Gasteiger partial charge >= 0.3 is 17.8 Å². The molecule has 3 rings (SSSR count). The number of nitrogens with zero attached hydrogens (tertiary/aromatic N) is 1. The number of aryl methyl sites for hydroxylation is 1. The van der Waals surface area contributed by atoms with Crippen molar-refractivity contribution in [1.29, 1.82) is 0 Å². The average Bonchev–Trinajstić information content (AvgIpc) is 2.89. The zero-order chi connectivity index (χ0) is 31.6. The van der Waals surface area contributed by atoms with Crippen LogP contribution in [-0.2, 0) is 20.9 Å². The zero-order valence-electron chi connectivity index (χ0n) is 25.5. The molecule has 0 fully saturated rings. The third kappa shape index (κ3) is 11.0. The molecule has 1 aromatic heterocycles. The van der Waals surface area contributed by atoms with E-state index in [2.05, 4.69) is 26.3 Å². The number of benzene rings is 2. The van der Waals surface area contributed by atoms with Crippen molar-refractivity contribution >= 4 is 40.7 Å². The summed E-state index contributed by atoms with van der Waals surface area (Å²) in [5.74, 6) is -0.473. The lowest BCUT2D eigenvalue weighted by Gasteiger charge is -2.20. The zero-order valence-corrected chi connectivity index (χ0v) is 25.5. The van der Waals surface area contributed by atoms with Gasteiger partial charge in [-0.3, -0.25) is 4.79 Å². The first-order valence-electron chi connectivity index (χ1n) is 14.3. The van der Waals surface area contributed by atoms with Crippen LogP contribution in [0.15, 0.2) is 51.7 Å². The number of fused-ring (bicyclic) bond motifs is 1. The van der Waals surface area contributed by atoms with Crippen molar-refractivity contribution in [2.24, 2.45) is 0 Å². The summed E-state index contributed by atoms with van der Waals surface area (Å²) in [6.07, 6.45) is 0.0689. The summed E-state index contributed by atoms with van der Waals surface area (Å²) in [7, 11) is 0. The molecule has 1 atom stereocenters. The smallest absolute Gasteiger partial charge is 0.408 e.